The van der Waals surface area contributed by atoms with Gasteiger partial charge in [-0.15, -0.1) is 0 Å². The molecule has 2 heteroatoms. The van der Waals surface area contributed by atoms with E-state index in [2.05, 4.69) is 19.2 Å². The van der Waals surface area contributed by atoms with Crippen molar-refractivity contribution in [2.45, 2.75) is 121 Å². The molecule has 6 rings (SSSR count). The first-order valence-electron chi connectivity index (χ1n) is 12.9. The van der Waals surface area contributed by atoms with Gasteiger partial charge in [-0.25, -0.2) is 4.39 Å². The van der Waals surface area contributed by atoms with E-state index >= 15 is 0 Å². The molecule has 2 bridgehead atoms. The van der Waals surface area contributed by atoms with Crippen molar-refractivity contribution in [2.24, 2.45) is 40.9 Å². The molecule has 0 radical (unpaired) electrons. The third-order valence-corrected chi connectivity index (χ3v) is 11.4. The van der Waals surface area contributed by atoms with Gasteiger partial charge in [0.05, 0.1) is 0 Å². The number of hydrogen-bond acceptors (Lipinski definition) is 1. The fourth-order valence-electron chi connectivity index (χ4n) is 10.4. The summed E-state index contributed by atoms with van der Waals surface area (Å²) in [4.78, 5) is 0. The van der Waals surface area contributed by atoms with Gasteiger partial charge in [-0.1, -0.05) is 25.7 Å². The summed E-state index contributed by atoms with van der Waals surface area (Å²) in [6.07, 6.45) is 18.2. The molecule has 0 aromatic carbocycles. The number of fused-ring (bicyclic) bond motifs is 5. The minimum absolute atomic E-state index is 0.383. The minimum Gasteiger partial charge on any atom is -0.305 e. The van der Waals surface area contributed by atoms with Crippen molar-refractivity contribution >= 4 is 0 Å². The highest BCUT2D eigenvalue weighted by atomic mass is 19.1. The SMILES string of the molecule is CC12N[C@](C)(C3CCCCC31)C1CCCCC1[C@@]1(CC3CCC(F)CC3)CC21. The third-order valence-electron chi connectivity index (χ3n) is 11.4. The lowest BCUT2D eigenvalue weighted by molar-refractivity contribution is 0.0118. The second-order valence-corrected chi connectivity index (χ2v) is 12.5. The van der Waals surface area contributed by atoms with E-state index in [1.165, 1.54) is 77.0 Å². The molecule has 6 aliphatic rings. The predicted octanol–water partition coefficient (Wildman–Crippen LogP) is 6.66. The monoisotopic (exact) mass is 387 g/mol. The van der Waals surface area contributed by atoms with Crippen LogP contribution in [0, 0.1) is 40.9 Å². The molecule has 0 aromatic rings. The molecule has 28 heavy (non-hydrogen) atoms. The van der Waals surface area contributed by atoms with Crippen molar-refractivity contribution in [2.75, 3.05) is 0 Å². The zero-order valence-corrected chi connectivity index (χ0v) is 18.3. The van der Waals surface area contributed by atoms with Gasteiger partial charge in [-0.3, -0.25) is 0 Å². The maximum Gasteiger partial charge on any atom is 0.100 e. The number of rotatable bonds is 2. The summed E-state index contributed by atoms with van der Waals surface area (Å²) in [5.41, 5.74) is 1.39. The first-order chi connectivity index (χ1) is 13.5. The van der Waals surface area contributed by atoms with Gasteiger partial charge in [0.2, 0.25) is 0 Å². The van der Waals surface area contributed by atoms with Crippen LogP contribution >= 0.6 is 0 Å². The number of alkyl halides is 1. The van der Waals surface area contributed by atoms with Gasteiger partial charge in [0.25, 0.3) is 0 Å². The number of nitrogens with one attached hydrogen (secondary N) is 1. The van der Waals surface area contributed by atoms with Crippen LogP contribution in [0.3, 0.4) is 0 Å². The second kappa shape index (κ2) is 6.21. The Morgan fingerprint density at radius 2 is 1.25 bits per heavy atom. The first-order valence-corrected chi connectivity index (χ1v) is 12.9. The summed E-state index contributed by atoms with van der Waals surface area (Å²) in [7, 11) is 0. The van der Waals surface area contributed by atoms with Gasteiger partial charge in [0, 0.05) is 11.1 Å². The van der Waals surface area contributed by atoms with E-state index in [1.54, 1.807) is 0 Å². The highest BCUT2D eigenvalue weighted by molar-refractivity contribution is 5.29. The topological polar surface area (TPSA) is 12.0 Å². The largest absolute Gasteiger partial charge is 0.305 e. The van der Waals surface area contributed by atoms with Crippen LogP contribution in [0.1, 0.15) is 104 Å². The van der Waals surface area contributed by atoms with E-state index in [4.69, 9.17) is 0 Å². The molecule has 0 aromatic heterocycles. The van der Waals surface area contributed by atoms with Crippen LogP contribution in [0.2, 0.25) is 0 Å². The molecule has 0 spiro atoms. The first kappa shape index (κ1) is 18.6. The van der Waals surface area contributed by atoms with E-state index < -0.39 is 6.17 Å². The third kappa shape index (κ3) is 2.39. The van der Waals surface area contributed by atoms with Crippen LogP contribution in [-0.2, 0) is 0 Å². The Bertz CT molecular complexity index is 626. The van der Waals surface area contributed by atoms with Crippen LogP contribution in [0.25, 0.3) is 0 Å². The lowest BCUT2D eigenvalue weighted by atomic mass is 9.54. The molecular weight excluding hydrogens is 345 g/mol. The number of hydrogen-bond donors (Lipinski definition) is 1. The molecule has 6 unspecified atom stereocenters. The molecule has 5 aliphatic carbocycles. The molecular formula is C26H42FN. The highest BCUT2D eigenvalue weighted by Gasteiger charge is 2.76. The van der Waals surface area contributed by atoms with Crippen LogP contribution in [-0.4, -0.2) is 17.2 Å². The molecule has 8 atom stereocenters. The van der Waals surface area contributed by atoms with Gasteiger partial charge in [-0.05, 0) is 119 Å². The lowest BCUT2D eigenvalue weighted by Gasteiger charge is -2.51. The fourth-order valence-corrected chi connectivity index (χ4v) is 10.4. The van der Waals surface area contributed by atoms with Crippen molar-refractivity contribution in [3.05, 3.63) is 0 Å². The Hall–Kier alpha value is -0.110. The van der Waals surface area contributed by atoms with Crippen molar-refractivity contribution in [3.8, 4) is 0 Å². The summed E-state index contributed by atoms with van der Waals surface area (Å²) < 4.78 is 13.8. The lowest BCUT2D eigenvalue weighted by Crippen LogP contribution is -2.55. The molecule has 158 valence electrons. The Morgan fingerprint density at radius 3 is 1.89 bits per heavy atom. The molecule has 5 saturated carbocycles. The van der Waals surface area contributed by atoms with Crippen LogP contribution in [0.15, 0.2) is 0 Å². The summed E-state index contributed by atoms with van der Waals surface area (Å²) in [5.74, 6) is 5.42. The molecule has 1 N–H and O–H groups in total. The second-order valence-electron chi connectivity index (χ2n) is 12.5. The smallest absolute Gasteiger partial charge is 0.100 e. The summed E-state index contributed by atoms with van der Waals surface area (Å²) >= 11 is 0. The zero-order valence-electron chi connectivity index (χ0n) is 18.3. The summed E-state index contributed by atoms with van der Waals surface area (Å²) in [5, 5.41) is 4.45. The van der Waals surface area contributed by atoms with Crippen molar-refractivity contribution in [1.82, 2.24) is 5.32 Å². The Kier molecular flexibility index (Phi) is 4.13. The Balaban J connectivity index is 1.37. The normalized spacial score (nSPS) is 60.3. The Morgan fingerprint density at radius 1 is 0.714 bits per heavy atom. The molecule has 1 heterocycles. The molecule has 6 fully saturated rings. The summed E-state index contributed by atoms with van der Waals surface area (Å²) in [6.45, 7) is 5.32. The summed E-state index contributed by atoms with van der Waals surface area (Å²) in [6, 6.07) is 0. The standard InChI is InChI=1S/C26H42FN/c1-24-19-7-3-4-8-20(19)25(2,28-24)23-16-26(23,22-10-6-5-9-21(22)24)15-17-11-13-18(27)14-12-17/h17-23,28H,3-16H2,1-2H3/t17?,18?,19?,20?,21?,22?,23?,24-,25?,26-/m1/s1. The number of halogens is 1. The average Bonchev–Trinajstić information content (AvgIpc) is 3.40. The fraction of sp³-hybridized carbons (Fsp3) is 1.00. The van der Waals surface area contributed by atoms with E-state index in [9.17, 15) is 4.39 Å². The van der Waals surface area contributed by atoms with Gasteiger partial charge in [0.1, 0.15) is 6.17 Å². The van der Waals surface area contributed by atoms with Crippen LogP contribution in [0.4, 0.5) is 4.39 Å². The van der Waals surface area contributed by atoms with E-state index in [0.29, 0.717) is 16.5 Å². The van der Waals surface area contributed by atoms with Crippen molar-refractivity contribution < 1.29 is 4.39 Å². The zero-order chi connectivity index (χ0) is 19.1. The van der Waals surface area contributed by atoms with E-state index in [1.807, 2.05) is 0 Å². The van der Waals surface area contributed by atoms with Crippen molar-refractivity contribution in [3.63, 3.8) is 0 Å². The molecule has 1 saturated heterocycles. The van der Waals surface area contributed by atoms with Crippen LogP contribution in [0.5, 0.6) is 0 Å². The Labute approximate surface area is 172 Å². The average molecular weight is 388 g/mol. The van der Waals surface area contributed by atoms with E-state index in [0.717, 1.165) is 48.3 Å². The minimum atomic E-state index is -0.502. The predicted molar refractivity (Wildman–Crippen MR) is 113 cm³/mol. The van der Waals surface area contributed by atoms with Crippen molar-refractivity contribution in [1.29, 1.82) is 0 Å². The maximum atomic E-state index is 13.8. The highest BCUT2D eigenvalue weighted by Crippen LogP contribution is 2.76. The van der Waals surface area contributed by atoms with Gasteiger partial charge in [-0.2, -0.15) is 0 Å². The van der Waals surface area contributed by atoms with Crippen LogP contribution < -0.4 is 5.32 Å². The molecule has 1 aliphatic heterocycles. The molecule has 1 nitrogen and oxygen atoms in total. The molecule has 0 amide bonds. The van der Waals surface area contributed by atoms with Gasteiger partial charge >= 0.3 is 0 Å². The van der Waals surface area contributed by atoms with E-state index in [-0.39, 0.29) is 0 Å². The van der Waals surface area contributed by atoms with Gasteiger partial charge in [0.15, 0.2) is 0 Å². The quantitative estimate of drug-likeness (QED) is 0.559. The maximum absolute atomic E-state index is 13.8. The van der Waals surface area contributed by atoms with Gasteiger partial charge < -0.3 is 5.32 Å².